The molecule has 0 aliphatic heterocycles. The monoisotopic (exact) mass is 655 g/mol. The van der Waals surface area contributed by atoms with E-state index in [2.05, 4.69) is 17.4 Å². The third-order valence-corrected chi connectivity index (χ3v) is 9.59. The number of carbonyl (C=O) groups is 2. The van der Waals surface area contributed by atoms with E-state index in [4.69, 9.17) is 18.5 Å². The molecule has 2 unspecified atom stereocenters. The first-order valence-corrected chi connectivity index (χ1v) is 17.7. The molecule has 0 heterocycles. The fourth-order valence-corrected chi connectivity index (χ4v) is 6.82. The fraction of sp³-hybridized carbons (Fsp3) is 0.316. The Labute approximate surface area is 276 Å². The van der Waals surface area contributed by atoms with Crippen LogP contribution >= 0.6 is 7.60 Å². The average molecular weight is 656 g/mol. The molecule has 5 rings (SSSR count). The summed E-state index contributed by atoms with van der Waals surface area (Å²) in [6, 6.07) is 31.3. The molecule has 0 saturated heterocycles. The number of nitrogens with one attached hydrogen (secondary N) is 1. The van der Waals surface area contributed by atoms with Crippen molar-refractivity contribution >= 4 is 19.7 Å². The van der Waals surface area contributed by atoms with E-state index < -0.39 is 25.7 Å². The Morgan fingerprint density at radius 3 is 1.96 bits per heavy atom. The minimum absolute atomic E-state index is 0.0636. The SMILES string of the molecule is CC(OP(C)(=O)Oc1ccc(C[C@H](NC(=O)OCC2c3ccccc3-c3ccccc32)C(=O)OCc2ccccc2)cc1)C(C)(C)C. The molecule has 4 aromatic rings. The lowest BCUT2D eigenvalue weighted by Crippen LogP contribution is -2.43. The quantitative estimate of drug-likeness (QED) is 0.121. The Kier molecular flexibility index (Phi) is 10.5. The second kappa shape index (κ2) is 14.6. The zero-order valence-electron chi connectivity index (χ0n) is 27.5. The highest BCUT2D eigenvalue weighted by molar-refractivity contribution is 7.53. The molecule has 0 aromatic heterocycles. The molecule has 4 aromatic carbocycles. The van der Waals surface area contributed by atoms with Crippen molar-refractivity contribution in [3.63, 3.8) is 0 Å². The maximum absolute atomic E-state index is 13.3. The number of esters is 1. The summed E-state index contributed by atoms with van der Waals surface area (Å²) in [7, 11) is -3.39. The summed E-state index contributed by atoms with van der Waals surface area (Å²) in [6.45, 7) is 9.50. The maximum atomic E-state index is 13.3. The van der Waals surface area contributed by atoms with Crippen molar-refractivity contribution in [2.45, 2.75) is 58.8 Å². The Bertz CT molecular complexity index is 1690. The summed E-state index contributed by atoms with van der Waals surface area (Å²) in [5.74, 6) is -0.340. The van der Waals surface area contributed by atoms with Crippen molar-refractivity contribution in [2.75, 3.05) is 13.3 Å². The number of benzene rings is 4. The van der Waals surface area contributed by atoms with Gasteiger partial charge in [0.25, 0.3) is 0 Å². The summed E-state index contributed by atoms with van der Waals surface area (Å²) in [6.07, 6.45) is -0.867. The summed E-state index contributed by atoms with van der Waals surface area (Å²) in [5, 5.41) is 2.73. The molecule has 1 aliphatic carbocycles. The Hall–Kier alpha value is -4.39. The molecule has 1 aliphatic rings. The van der Waals surface area contributed by atoms with Crippen LogP contribution in [0.1, 0.15) is 55.9 Å². The van der Waals surface area contributed by atoms with Gasteiger partial charge in [0.2, 0.25) is 0 Å². The van der Waals surface area contributed by atoms with Gasteiger partial charge < -0.3 is 19.3 Å². The van der Waals surface area contributed by atoms with Gasteiger partial charge in [0.1, 0.15) is 25.0 Å². The summed E-state index contributed by atoms with van der Waals surface area (Å²) < 4.78 is 35.8. The highest BCUT2D eigenvalue weighted by Crippen LogP contribution is 2.48. The van der Waals surface area contributed by atoms with Crippen molar-refractivity contribution in [3.8, 4) is 16.9 Å². The first-order chi connectivity index (χ1) is 22.4. The van der Waals surface area contributed by atoms with Crippen LogP contribution in [0.15, 0.2) is 103 Å². The van der Waals surface area contributed by atoms with Crippen molar-refractivity contribution in [2.24, 2.45) is 5.41 Å². The standard InChI is InChI=1S/C38H42NO7P/c1-26(38(2,3)4)45-47(5,42)46-29-21-19-27(20-22-29)23-35(36(40)43-24-28-13-7-6-8-14-28)39-37(41)44-25-34-32-17-11-9-15-30(32)31-16-10-12-18-33(31)34/h6-22,26,34-35H,23-25H2,1-5H3,(H,39,41)/t26?,35-,47?/m0/s1. The third-order valence-electron chi connectivity index (χ3n) is 8.35. The van der Waals surface area contributed by atoms with Gasteiger partial charge in [-0.1, -0.05) is 112 Å². The van der Waals surface area contributed by atoms with Crippen LogP contribution in [0.2, 0.25) is 0 Å². The molecular weight excluding hydrogens is 613 g/mol. The second-order valence-corrected chi connectivity index (χ2v) is 14.9. The number of rotatable bonds is 12. The lowest BCUT2D eigenvalue weighted by molar-refractivity contribution is -0.147. The largest absolute Gasteiger partial charge is 0.459 e. The zero-order chi connectivity index (χ0) is 33.6. The molecule has 9 heteroatoms. The predicted molar refractivity (Wildman–Crippen MR) is 183 cm³/mol. The Morgan fingerprint density at radius 1 is 0.787 bits per heavy atom. The van der Waals surface area contributed by atoms with Gasteiger partial charge >= 0.3 is 19.7 Å². The van der Waals surface area contributed by atoms with Gasteiger partial charge in [0.15, 0.2) is 0 Å². The van der Waals surface area contributed by atoms with Crippen molar-refractivity contribution < 1.29 is 32.7 Å². The van der Waals surface area contributed by atoms with Gasteiger partial charge in [-0.05, 0) is 57.9 Å². The van der Waals surface area contributed by atoms with Crippen LogP contribution < -0.4 is 9.84 Å². The minimum atomic E-state index is -3.39. The van der Waals surface area contributed by atoms with E-state index in [0.29, 0.717) is 5.75 Å². The van der Waals surface area contributed by atoms with Crippen LogP contribution in [-0.4, -0.2) is 37.5 Å². The van der Waals surface area contributed by atoms with Crippen LogP contribution in [-0.2, 0) is 36.4 Å². The minimum Gasteiger partial charge on any atom is -0.459 e. The van der Waals surface area contributed by atoms with E-state index in [0.717, 1.165) is 33.4 Å². The zero-order valence-corrected chi connectivity index (χ0v) is 28.4. The molecular formula is C38H42NO7P. The van der Waals surface area contributed by atoms with Gasteiger partial charge in [0, 0.05) is 19.0 Å². The number of ether oxygens (including phenoxy) is 2. The summed E-state index contributed by atoms with van der Waals surface area (Å²) in [4.78, 5) is 26.5. The topological polar surface area (TPSA) is 100 Å². The number of amides is 1. The number of alkyl carbamates (subject to hydrolysis) is 1. The first-order valence-electron chi connectivity index (χ1n) is 15.8. The highest BCUT2D eigenvalue weighted by Gasteiger charge is 2.31. The van der Waals surface area contributed by atoms with Crippen LogP contribution in [0.4, 0.5) is 4.79 Å². The molecule has 0 radical (unpaired) electrons. The number of carbonyl (C=O) groups excluding carboxylic acids is 2. The van der Waals surface area contributed by atoms with Gasteiger partial charge in [-0.15, -0.1) is 0 Å². The molecule has 1 N–H and O–H groups in total. The van der Waals surface area contributed by atoms with E-state index in [1.807, 2.05) is 94.4 Å². The molecule has 3 atom stereocenters. The Morgan fingerprint density at radius 2 is 1.36 bits per heavy atom. The molecule has 0 bridgehead atoms. The lowest BCUT2D eigenvalue weighted by atomic mass is 9.91. The van der Waals surface area contributed by atoms with Crippen molar-refractivity contribution in [1.82, 2.24) is 5.32 Å². The normalized spacial score (nSPS) is 15.0. The van der Waals surface area contributed by atoms with E-state index in [1.165, 1.54) is 6.66 Å². The van der Waals surface area contributed by atoms with Crippen molar-refractivity contribution in [1.29, 1.82) is 0 Å². The van der Waals surface area contributed by atoms with E-state index >= 15 is 0 Å². The summed E-state index contributed by atoms with van der Waals surface area (Å²) >= 11 is 0. The molecule has 1 amide bonds. The highest BCUT2D eigenvalue weighted by atomic mass is 31.2. The average Bonchev–Trinajstić information content (AvgIpc) is 3.36. The summed E-state index contributed by atoms with van der Waals surface area (Å²) in [5.41, 5.74) is 5.80. The van der Waals surface area contributed by atoms with Crippen LogP contribution in [0.3, 0.4) is 0 Å². The fourth-order valence-electron chi connectivity index (χ4n) is 5.39. The first kappa shape index (κ1) is 34.0. The lowest BCUT2D eigenvalue weighted by Gasteiger charge is -2.29. The number of hydrogen-bond donors (Lipinski definition) is 1. The van der Waals surface area contributed by atoms with E-state index in [-0.39, 0.29) is 37.1 Å². The molecule has 47 heavy (non-hydrogen) atoms. The van der Waals surface area contributed by atoms with Crippen LogP contribution in [0, 0.1) is 5.41 Å². The Balaban J connectivity index is 1.25. The molecule has 0 fully saturated rings. The smallest absolute Gasteiger partial charge is 0.407 e. The maximum Gasteiger partial charge on any atom is 0.407 e. The van der Waals surface area contributed by atoms with E-state index in [9.17, 15) is 14.2 Å². The molecule has 246 valence electrons. The van der Waals surface area contributed by atoms with Crippen LogP contribution in [0.5, 0.6) is 5.75 Å². The molecule has 0 saturated carbocycles. The van der Waals surface area contributed by atoms with Gasteiger partial charge in [-0.25, -0.2) is 14.2 Å². The predicted octanol–water partition coefficient (Wildman–Crippen LogP) is 8.53. The number of hydrogen-bond acceptors (Lipinski definition) is 7. The second-order valence-electron chi connectivity index (χ2n) is 12.9. The third kappa shape index (κ3) is 8.91. The van der Waals surface area contributed by atoms with Gasteiger partial charge in [0.05, 0.1) is 6.10 Å². The van der Waals surface area contributed by atoms with Gasteiger partial charge in [-0.3, -0.25) is 4.52 Å². The number of fused-ring (bicyclic) bond motifs is 3. The van der Waals surface area contributed by atoms with Crippen LogP contribution in [0.25, 0.3) is 11.1 Å². The van der Waals surface area contributed by atoms with Crippen molar-refractivity contribution in [3.05, 3.63) is 125 Å². The molecule has 8 nitrogen and oxygen atoms in total. The molecule has 0 spiro atoms. The van der Waals surface area contributed by atoms with Gasteiger partial charge in [-0.2, -0.15) is 0 Å². The van der Waals surface area contributed by atoms with E-state index in [1.54, 1.807) is 24.3 Å².